The van der Waals surface area contributed by atoms with E-state index in [-0.39, 0.29) is 17.7 Å². The lowest BCUT2D eigenvalue weighted by molar-refractivity contribution is -0.117. The van der Waals surface area contributed by atoms with Crippen LogP contribution in [-0.4, -0.2) is 35.7 Å². The Hall–Kier alpha value is -3.26. The van der Waals surface area contributed by atoms with Gasteiger partial charge < -0.3 is 9.64 Å². The standard InChI is InChI=1S/C22H22N4O3S/c1-3-14-7-9-17(10-8-14)26-13-16(12-19(26)27)21-24-25-22(30-21)23-20(28)15-5-4-6-18(11-15)29-2/h4-11,16H,3,12-13H2,1-2H3,(H,23,25,28). The van der Waals surface area contributed by atoms with E-state index >= 15 is 0 Å². The summed E-state index contributed by atoms with van der Waals surface area (Å²) in [4.78, 5) is 26.8. The van der Waals surface area contributed by atoms with E-state index < -0.39 is 0 Å². The number of aromatic nitrogens is 2. The normalized spacial score (nSPS) is 16.0. The number of nitrogens with zero attached hydrogens (tertiary/aromatic N) is 3. The Kier molecular flexibility index (Phi) is 5.76. The van der Waals surface area contributed by atoms with E-state index in [4.69, 9.17) is 4.74 Å². The third-order valence-corrected chi connectivity index (χ3v) is 6.12. The second-order valence-corrected chi connectivity index (χ2v) is 8.07. The average molecular weight is 423 g/mol. The number of amides is 2. The lowest BCUT2D eigenvalue weighted by Gasteiger charge is -2.16. The molecule has 2 heterocycles. The first kappa shape index (κ1) is 20.0. The zero-order valence-corrected chi connectivity index (χ0v) is 17.6. The topological polar surface area (TPSA) is 84.4 Å². The summed E-state index contributed by atoms with van der Waals surface area (Å²) in [7, 11) is 1.55. The third-order valence-electron chi connectivity index (χ3n) is 5.12. The molecule has 2 amide bonds. The van der Waals surface area contributed by atoms with Gasteiger partial charge in [0.05, 0.1) is 7.11 Å². The summed E-state index contributed by atoms with van der Waals surface area (Å²) < 4.78 is 5.15. The molecule has 4 rings (SSSR count). The molecular weight excluding hydrogens is 400 g/mol. The number of carbonyl (C=O) groups is 2. The average Bonchev–Trinajstić information content (AvgIpc) is 3.40. The number of ether oxygens (including phenoxy) is 1. The minimum atomic E-state index is -0.281. The van der Waals surface area contributed by atoms with Crippen molar-refractivity contribution in [1.82, 2.24) is 10.2 Å². The van der Waals surface area contributed by atoms with Crippen LogP contribution < -0.4 is 15.0 Å². The smallest absolute Gasteiger partial charge is 0.257 e. The molecule has 1 atom stereocenters. The first-order valence-electron chi connectivity index (χ1n) is 9.75. The van der Waals surface area contributed by atoms with Crippen LogP contribution in [0.1, 0.15) is 40.2 Å². The van der Waals surface area contributed by atoms with Gasteiger partial charge in [-0.1, -0.05) is 36.5 Å². The summed E-state index contributed by atoms with van der Waals surface area (Å²) in [5.74, 6) is 0.360. The van der Waals surface area contributed by atoms with E-state index in [1.54, 1.807) is 36.3 Å². The number of methoxy groups -OCH3 is 1. The van der Waals surface area contributed by atoms with Crippen LogP contribution in [0.15, 0.2) is 48.5 Å². The molecule has 0 saturated carbocycles. The van der Waals surface area contributed by atoms with Crippen molar-refractivity contribution in [3.05, 3.63) is 64.7 Å². The van der Waals surface area contributed by atoms with E-state index in [2.05, 4.69) is 22.4 Å². The maximum Gasteiger partial charge on any atom is 0.257 e. The first-order chi connectivity index (χ1) is 14.6. The molecule has 0 aliphatic carbocycles. The fourth-order valence-electron chi connectivity index (χ4n) is 3.42. The highest BCUT2D eigenvalue weighted by molar-refractivity contribution is 7.15. The Morgan fingerprint density at radius 3 is 2.77 bits per heavy atom. The molecule has 3 aromatic rings. The fraction of sp³-hybridized carbons (Fsp3) is 0.273. The van der Waals surface area contributed by atoms with Crippen LogP contribution in [-0.2, 0) is 11.2 Å². The predicted molar refractivity (Wildman–Crippen MR) is 116 cm³/mol. The number of aryl methyl sites for hydroxylation is 1. The Morgan fingerprint density at radius 1 is 1.23 bits per heavy atom. The van der Waals surface area contributed by atoms with Crippen molar-refractivity contribution in [1.29, 1.82) is 0 Å². The molecule has 1 aliphatic rings. The van der Waals surface area contributed by atoms with Crippen molar-refractivity contribution in [2.45, 2.75) is 25.7 Å². The van der Waals surface area contributed by atoms with E-state index in [0.29, 0.717) is 29.4 Å². The van der Waals surface area contributed by atoms with E-state index in [1.165, 1.54) is 16.9 Å². The van der Waals surface area contributed by atoms with Crippen LogP contribution in [0.3, 0.4) is 0 Å². The molecule has 7 nitrogen and oxygen atoms in total. The third kappa shape index (κ3) is 4.18. The molecule has 1 unspecified atom stereocenters. The van der Waals surface area contributed by atoms with Gasteiger partial charge in [0.2, 0.25) is 11.0 Å². The molecular formula is C22H22N4O3S. The lowest BCUT2D eigenvalue weighted by atomic mass is 10.1. The van der Waals surface area contributed by atoms with Crippen LogP contribution in [0.2, 0.25) is 0 Å². The zero-order valence-electron chi connectivity index (χ0n) is 16.8. The zero-order chi connectivity index (χ0) is 21.1. The quantitative estimate of drug-likeness (QED) is 0.652. The van der Waals surface area contributed by atoms with Gasteiger partial charge in [0, 0.05) is 30.1 Å². The maximum absolute atomic E-state index is 12.5. The summed E-state index contributed by atoms with van der Waals surface area (Å²) in [5.41, 5.74) is 2.61. The molecule has 0 bridgehead atoms. The fourth-order valence-corrected chi connectivity index (χ4v) is 4.25. The van der Waals surface area contributed by atoms with Gasteiger partial charge in [-0.2, -0.15) is 0 Å². The van der Waals surface area contributed by atoms with Gasteiger partial charge in [0.1, 0.15) is 10.8 Å². The second-order valence-electron chi connectivity index (χ2n) is 7.06. The monoisotopic (exact) mass is 422 g/mol. The number of benzene rings is 2. The molecule has 8 heteroatoms. The second kappa shape index (κ2) is 8.62. The van der Waals surface area contributed by atoms with Gasteiger partial charge in [-0.05, 0) is 42.3 Å². The minimum absolute atomic E-state index is 0.0386. The van der Waals surface area contributed by atoms with Gasteiger partial charge in [0.15, 0.2) is 0 Å². The van der Waals surface area contributed by atoms with Crippen molar-refractivity contribution < 1.29 is 14.3 Å². The molecule has 154 valence electrons. The van der Waals surface area contributed by atoms with Crippen molar-refractivity contribution in [2.75, 3.05) is 23.9 Å². The molecule has 1 N–H and O–H groups in total. The number of hydrogen-bond donors (Lipinski definition) is 1. The first-order valence-corrected chi connectivity index (χ1v) is 10.6. The molecule has 1 aromatic heterocycles. The molecule has 0 spiro atoms. The molecule has 0 radical (unpaired) electrons. The van der Waals surface area contributed by atoms with Crippen LogP contribution >= 0.6 is 11.3 Å². The molecule has 30 heavy (non-hydrogen) atoms. The molecule has 1 fully saturated rings. The van der Waals surface area contributed by atoms with Gasteiger partial charge in [-0.3, -0.25) is 14.9 Å². The Morgan fingerprint density at radius 2 is 2.03 bits per heavy atom. The van der Waals surface area contributed by atoms with Crippen molar-refractivity contribution in [2.24, 2.45) is 0 Å². The molecule has 1 saturated heterocycles. The SMILES string of the molecule is CCc1ccc(N2CC(c3nnc(NC(=O)c4cccc(OC)c4)s3)CC2=O)cc1. The van der Waals surface area contributed by atoms with Gasteiger partial charge in [0.25, 0.3) is 5.91 Å². The summed E-state index contributed by atoms with van der Waals surface area (Å²) in [6.07, 6.45) is 1.35. The highest BCUT2D eigenvalue weighted by Gasteiger charge is 2.34. The van der Waals surface area contributed by atoms with Gasteiger partial charge in [-0.25, -0.2) is 0 Å². The summed E-state index contributed by atoms with van der Waals surface area (Å²) in [5, 5.41) is 12.2. The number of hydrogen-bond acceptors (Lipinski definition) is 6. The lowest BCUT2D eigenvalue weighted by Crippen LogP contribution is -2.24. The molecule has 2 aromatic carbocycles. The highest BCUT2D eigenvalue weighted by atomic mass is 32.1. The number of anilines is 2. The van der Waals surface area contributed by atoms with E-state index in [9.17, 15) is 9.59 Å². The Bertz CT molecular complexity index is 1060. The number of rotatable bonds is 6. The van der Waals surface area contributed by atoms with E-state index in [0.717, 1.165) is 17.1 Å². The van der Waals surface area contributed by atoms with Gasteiger partial charge in [-0.15, -0.1) is 10.2 Å². The summed E-state index contributed by atoms with van der Waals surface area (Å²) >= 11 is 1.30. The van der Waals surface area contributed by atoms with E-state index in [1.807, 2.05) is 24.3 Å². The number of carbonyl (C=O) groups excluding carboxylic acids is 2. The van der Waals surface area contributed by atoms with Gasteiger partial charge >= 0.3 is 0 Å². The van der Waals surface area contributed by atoms with Crippen LogP contribution in [0, 0.1) is 0 Å². The maximum atomic E-state index is 12.5. The van der Waals surface area contributed by atoms with Crippen LogP contribution in [0.4, 0.5) is 10.8 Å². The summed E-state index contributed by atoms with van der Waals surface area (Å²) in [6.45, 7) is 2.66. The Labute approximate surface area is 178 Å². The van der Waals surface area contributed by atoms with Crippen molar-refractivity contribution in [3.63, 3.8) is 0 Å². The summed E-state index contributed by atoms with van der Waals surface area (Å²) in [6, 6.07) is 15.0. The predicted octanol–water partition coefficient (Wildman–Crippen LogP) is 3.88. The Balaban J connectivity index is 1.43. The number of nitrogens with one attached hydrogen (secondary N) is 1. The largest absolute Gasteiger partial charge is 0.497 e. The van der Waals surface area contributed by atoms with Crippen LogP contribution in [0.5, 0.6) is 5.75 Å². The molecule has 1 aliphatic heterocycles. The van der Waals surface area contributed by atoms with Crippen LogP contribution in [0.25, 0.3) is 0 Å². The highest BCUT2D eigenvalue weighted by Crippen LogP contribution is 2.34. The van der Waals surface area contributed by atoms with Crippen molar-refractivity contribution >= 4 is 34.0 Å². The van der Waals surface area contributed by atoms with Crippen molar-refractivity contribution in [3.8, 4) is 5.75 Å². The minimum Gasteiger partial charge on any atom is -0.497 e.